The van der Waals surface area contributed by atoms with Gasteiger partial charge in [0.05, 0.1) is 6.20 Å². The summed E-state index contributed by atoms with van der Waals surface area (Å²) in [5.74, 6) is 0.896. The van der Waals surface area contributed by atoms with Crippen LogP contribution in [0.3, 0.4) is 0 Å². The van der Waals surface area contributed by atoms with E-state index in [4.69, 9.17) is 0 Å². The molecule has 110 valence electrons. The molecule has 1 aromatic rings. The van der Waals surface area contributed by atoms with Gasteiger partial charge in [-0.05, 0) is 19.9 Å². The monoisotopic (exact) mass is 275 g/mol. The van der Waals surface area contributed by atoms with Crippen molar-refractivity contribution in [3.05, 3.63) is 18.6 Å². The Morgan fingerprint density at radius 3 is 2.55 bits per heavy atom. The zero-order valence-electron chi connectivity index (χ0n) is 12.4. The average Bonchev–Trinajstić information content (AvgIpc) is 2.97. The van der Waals surface area contributed by atoms with E-state index in [1.165, 1.54) is 51.9 Å². The number of likely N-dealkylation sites (N-methyl/N-ethyl adjacent to an activating group) is 1. The van der Waals surface area contributed by atoms with E-state index in [0.717, 1.165) is 12.4 Å². The Balaban J connectivity index is 1.65. The second-order valence-electron chi connectivity index (χ2n) is 6.17. The summed E-state index contributed by atoms with van der Waals surface area (Å²) in [6.07, 6.45) is 10.6. The molecule has 0 atom stereocenters. The van der Waals surface area contributed by atoms with Gasteiger partial charge in [-0.2, -0.15) is 0 Å². The number of nitrogens with one attached hydrogen (secondary N) is 1. The number of anilines is 1. The van der Waals surface area contributed by atoms with Crippen LogP contribution in [0.4, 0.5) is 5.82 Å². The van der Waals surface area contributed by atoms with E-state index in [0.29, 0.717) is 5.54 Å². The highest BCUT2D eigenvalue weighted by Gasteiger charge is 2.40. The fourth-order valence-corrected chi connectivity index (χ4v) is 3.56. The summed E-state index contributed by atoms with van der Waals surface area (Å²) in [4.78, 5) is 13.6. The zero-order valence-corrected chi connectivity index (χ0v) is 12.4. The fourth-order valence-electron chi connectivity index (χ4n) is 3.56. The van der Waals surface area contributed by atoms with Crippen molar-refractivity contribution in [1.82, 2.24) is 19.8 Å². The Morgan fingerprint density at radius 1 is 1.15 bits per heavy atom. The standard InChI is InChI=1S/C15H25N5/c1-19-8-10-20(11-9-19)15(4-2-3-5-15)13-18-14-12-16-6-7-17-14/h6-7,12H,2-5,8-11,13H2,1H3,(H,17,18). The molecule has 0 unspecified atom stereocenters. The highest BCUT2D eigenvalue weighted by atomic mass is 15.3. The summed E-state index contributed by atoms with van der Waals surface area (Å²) in [6, 6.07) is 0. The first kappa shape index (κ1) is 13.8. The molecule has 1 aromatic heterocycles. The van der Waals surface area contributed by atoms with Gasteiger partial charge in [0.2, 0.25) is 0 Å². The molecule has 1 saturated carbocycles. The van der Waals surface area contributed by atoms with Crippen molar-refractivity contribution in [2.45, 2.75) is 31.2 Å². The van der Waals surface area contributed by atoms with Gasteiger partial charge in [0, 0.05) is 50.7 Å². The van der Waals surface area contributed by atoms with E-state index in [9.17, 15) is 0 Å². The molecule has 0 spiro atoms. The molecule has 5 heteroatoms. The number of hydrogen-bond acceptors (Lipinski definition) is 5. The lowest BCUT2D eigenvalue weighted by atomic mass is 9.94. The molecule has 0 bridgehead atoms. The molecule has 0 radical (unpaired) electrons. The first-order valence-electron chi connectivity index (χ1n) is 7.72. The van der Waals surface area contributed by atoms with E-state index < -0.39 is 0 Å². The minimum absolute atomic E-state index is 0.332. The predicted octanol–water partition coefficient (Wildman–Crippen LogP) is 1.45. The maximum Gasteiger partial charge on any atom is 0.144 e. The van der Waals surface area contributed by atoms with Crippen molar-refractivity contribution in [3.63, 3.8) is 0 Å². The normalized spacial score (nSPS) is 23.9. The second kappa shape index (κ2) is 6.06. The van der Waals surface area contributed by atoms with E-state index in [-0.39, 0.29) is 0 Å². The van der Waals surface area contributed by atoms with Crippen LogP contribution in [0.2, 0.25) is 0 Å². The molecular weight excluding hydrogens is 250 g/mol. The molecule has 2 fully saturated rings. The van der Waals surface area contributed by atoms with Crippen molar-refractivity contribution in [2.75, 3.05) is 45.1 Å². The molecule has 1 aliphatic carbocycles. The van der Waals surface area contributed by atoms with Crippen LogP contribution in [0.1, 0.15) is 25.7 Å². The highest BCUT2D eigenvalue weighted by molar-refractivity contribution is 5.31. The minimum Gasteiger partial charge on any atom is -0.367 e. The molecule has 3 rings (SSSR count). The summed E-state index contributed by atoms with van der Waals surface area (Å²) in [5.41, 5.74) is 0.332. The molecule has 2 aliphatic rings. The fraction of sp³-hybridized carbons (Fsp3) is 0.733. The van der Waals surface area contributed by atoms with Gasteiger partial charge in [0.25, 0.3) is 0 Å². The third kappa shape index (κ3) is 2.94. The minimum atomic E-state index is 0.332. The van der Waals surface area contributed by atoms with Crippen LogP contribution in [0, 0.1) is 0 Å². The SMILES string of the molecule is CN1CCN(C2(CNc3cnccn3)CCCC2)CC1. The van der Waals surface area contributed by atoms with E-state index in [1.807, 2.05) is 6.20 Å². The summed E-state index contributed by atoms with van der Waals surface area (Å²) in [6.45, 7) is 5.76. The molecule has 1 saturated heterocycles. The Hall–Kier alpha value is -1.20. The van der Waals surface area contributed by atoms with Gasteiger partial charge in [-0.3, -0.25) is 9.88 Å². The van der Waals surface area contributed by atoms with Gasteiger partial charge >= 0.3 is 0 Å². The second-order valence-corrected chi connectivity index (χ2v) is 6.17. The summed E-state index contributed by atoms with van der Waals surface area (Å²) in [7, 11) is 2.22. The molecule has 2 heterocycles. The van der Waals surface area contributed by atoms with Gasteiger partial charge in [0.1, 0.15) is 5.82 Å². The topological polar surface area (TPSA) is 44.3 Å². The van der Waals surface area contributed by atoms with Crippen molar-refractivity contribution < 1.29 is 0 Å². The van der Waals surface area contributed by atoms with Crippen LogP contribution in [-0.2, 0) is 0 Å². The number of rotatable bonds is 4. The van der Waals surface area contributed by atoms with E-state index in [1.54, 1.807) is 12.4 Å². The van der Waals surface area contributed by atoms with E-state index >= 15 is 0 Å². The van der Waals surface area contributed by atoms with Crippen molar-refractivity contribution in [3.8, 4) is 0 Å². The van der Waals surface area contributed by atoms with Gasteiger partial charge < -0.3 is 10.2 Å². The largest absolute Gasteiger partial charge is 0.367 e. The molecule has 20 heavy (non-hydrogen) atoms. The van der Waals surface area contributed by atoms with Crippen LogP contribution < -0.4 is 5.32 Å². The van der Waals surface area contributed by atoms with Gasteiger partial charge in [-0.1, -0.05) is 12.8 Å². The summed E-state index contributed by atoms with van der Waals surface area (Å²) in [5, 5.41) is 3.51. The lowest BCUT2D eigenvalue weighted by molar-refractivity contribution is 0.0510. The number of nitrogens with zero attached hydrogens (tertiary/aromatic N) is 4. The molecule has 1 N–H and O–H groups in total. The van der Waals surface area contributed by atoms with Gasteiger partial charge in [-0.15, -0.1) is 0 Å². The highest BCUT2D eigenvalue weighted by Crippen LogP contribution is 2.36. The van der Waals surface area contributed by atoms with Crippen LogP contribution in [0.25, 0.3) is 0 Å². The first-order chi connectivity index (χ1) is 9.78. The number of aromatic nitrogens is 2. The summed E-state index contributed by atoms with van der Waals surface area (Å²) >= 11 is 0. The molecule has 0 aromatic carbocycles. The zero-order chi connectivity index (χ0) is 13.8. The Labute approximate surface area is 121 Å². The van der Waals surface area contributed by atoms with Crippen LogP contribution in [-0.4, -0.2) is 65.1 Å². The quantitative estimate of drug-likeness (QED) is 0.901. The van der Waals surface area contributed by atoms with Crippen LogP contribution in [0.15, 0.2) is 18.6 Å². The van der Waals surface area contributed by atoms with Crippen LogP contribution >= 0.6 is 0 Å². The molecule has 0 amide bonds. The lowest BCUT2D eigenvalue weighted by Gasteiger charge is -2.45. The van der Waals surface area contributed by atoms with Gasteiger partial charge in [0.15, 0.2) is 0 Å². The number of piperazine rings is 1. The lowest BCUT2D eigenvalue weighted by Crippen LogP contribution is -2.58. The summed E-state index contributed by atoms with van der Waals surface area (Å²) < 4.78 is 0. The Bertz CT molecular complexity index is 408. The first-order valence-corrected chi connectivity index (χ1v) is 7.72. The number of hydrogen-bond donors (Lipinski definition) is 1. The van der Waals surface area contributed by atoms with Crippen LogP contribution in [0.5, 0.6) is 0 Å². The Morgan fingerprint density at radius 2 is 1.90 bits per heavy atom. The maximum absolute atomic E-state index is 4.33. The molecule has 5 nitrogen and oxygen atoms in total. The molecular formula is C15H25N5. The smallest absolute Gasteiger partial charge is 0.144 e. The van der Waals surface area contributed by atoms with E-state index in [2.05, 4.69) is 32.1 Å². The van der Waals surface area contributed by atoms with Crippen molar-refractivity contribution >= 4 is 5.82 Å². The average molecular weight is 275 g/mol. The van der Waals surface area contributed by atoms with Crippen molar-refractivity contribution in [1.29, 1.82) is 0 Å². The molecule has 1 aliphatic heterocycles. The Kier molecular flexibility index (Phi) is 4.17. The maximum atomic E-state index is 4.33. The van der Waals surface area contributed by atoms with Gasteiger partial charge in [-0.25, -0.2) is 4.98 Å². The van der Waals surface area contributed by atoms with Crippen molar-refractivity contribution in [2.24, 2.45) is 0 Å². The third-order valence-electron chi connectivity index (χ3n) is 4.87. The third-order valence-corrected chi connectivity index (χ3v) is 4.87. The predicted molar refractivity (Wildman–Crippen MR) is 80.8 cm³/mol.